The summed E-state index contributed by atoms with van der Waals surface area (Å²) in [4.78, 5) is 12.3. The predicted molar refractivity (Wildman–Crippen MR) is 133 cm³/mol. The lowest BCUT2D eigenvalue weighted by molar-refractivity contribution is -0.140. The van der Waals surface area contributed by atoms with Crippen LogP contribution in [-0.2, 0) is 27.2 Å². The highest BCUT2D eigenvalue weighted by Gasteiger charge is 2.40. The van der Waals surface area contributed by atoms with Crippen LogP contribution in [0, 0.1) is 0 Å². The monoisotopic (exact) mass is 551 g/mol. The first kappa shape index (κ1) is 28.0. The van der Waals surface area contributed by atoms with Gasteiger partial charge in [-0.25, -0.2) is 27.7 Å². The Morgan fingerprint density at radius 1 is 1.20 bits per heavy atom. The summed E-state index contributed by atoms with van der Waals surface area (Å²) in [6.45, 7) is 11.0. The number of sulfonamides is 1. The third-order valence-electron chi connectivity index (χ3n) is 6.45. The molecule has 0 spiro atoms. The zero-order valence-corrected chi connectivity index (χ0v) is 23.4. The van der Waals surface area contributed by atoms with Crippen molar-refractivity contribution in [2.45, 2.75) is 70.6 Å². The number of piperidine rings is 1. The smallest absolute Gasteiger partial charge is 0.410 e. The van der Waals surface area contributed by atoms with Crippen LogP contribution in [0.5, 0.6) is 0 Å². The van der Waals surface area contributed by atoms with Gasteiger partial charge in [0.15, 0.2) is 14.0 Å². The number of nitrogens with zero attached hydrogens (tertiary/aromatic N) is 4. The summed E-state index contributed by atoms with van der Waals surface area (Å²) in [5.74, 6) is 0.195. The van der Waals surface area contributed by atoms with E-state index in [2.05, 4.69) is 41.0 Å². The highest BCUT2D eigenvalue weighted by Crippen LogP contribution is 2.41. The van der Waals surface area contributed by atoms with Crippen LogP contribution < -0.4 is 5.32 Å². The van der Waals surface area contributed by atoms with Gasteiger partial charge in [-0.15, -0.1) is 11.3 Å². The molecule has 3 heterocycles. The lowest BCUT2D eigenvalue weighted by atomic mass is 10.1. The quantitative estimate of drug-likeness (QED) is 0.485. The summed E-state index contributed by atoms with van der Waals surface area (Å²) >= 11 is 0.923. The number of rotatable bonds is 7. The fourth-order valence-corrected chi connectivity index (χ4v) is 6.20. The first-order chi connectivity index (χ1) is 16.0. The van der Waals surface area contributed by atoms with Crippen LogP contribution in [0.25, 0.3) is 10.6 Å². The van der Waals surface area contributed by atoms with Gasteiger partial charge < -0.3 is 9.74 Å². The highest BCUT2D eigenvalue weighted by molar-refractivity contribution is 7.88. The second-order valence-corrected chi connectivity index (χ2v) is 18.1. The van der Waals surface area contributed by atoms with Crippen molar-refractivity contribution in [2.75, 3.05) is 24.7 Å². The van der Waals surface area contributed by atoms with E-state index in [9.17, 15) is 21.6 Å². The molecule has 14 heteroatoms. The third kappa shape index (κ3) is 6.99. The number of hydrogen-bond donors (Lipinski definition) is 1. The van der Waals surface area contributed by atoms with Gasteiger partial charge in [0.05, 0.1) is 23.4 Å². The molecule has 35 heavy (non-hydrogen) atoms. The number of thiazole rings is 1. The van der Waals surface area contributed by atoms with E-state index in [1.807, 2.05) is 13.1 Å². The molecule has 0 radical (unpaired) electrons. The molecule has 0 saturated carbocycles. The Morgan fingerprint density at radius 2 is 1.83 bits per heavy atom. The minimum absolute atomic E-state index is 0.0132. The second-order valence-electron chi connectivity index (χ2n) is 10.2. The van der Waals surface area contributed by atoms with E-state index >= 15 is 0 Å². The Balaban J connectivity index is 1.80. The molecule has 1 aliphatic rings. The predicted octanol–water partition coefficient (Wildman–Crippen LogP) is 4.98. The van der Waals surface area contributed by atoms with E-state index in [1.54, 1.807) is 0 Å². The third-order valence-corrected chi connectivity index (χ3v) is 13.3. The number of anilines is 1. The van der Waals surface area contributed by atoms with Crippen LogP contribution in [0.4, 0.5) is 19.1 Å². The van der Waals surface area contributed by atoms with Gasteiger partial charge in [0.1, 0.15) is 5.01 Å². The second kappa shape index (κ2) is 10.0. The van der Waals surface area contributed by atoms with Crippen LogP contribution in [0.15, 0.2) is 12.3 Å². The maximum absolute atomic E-state index is 13.8. The van der Waals surface area contributed by atoms with E-state index in [1.165, 1.54) is 22.8 Å². The summed E-state index contributed by atoms with van der Waals surface area (Å²) in [6, 6.07) is 1.35. The fraction of sp³-hybridized carbons (Fsp3) is 0.667. The standard InChI is InChI=1S/C21H32F3N5O3S2Si/c1-20(2,3)35(5,6)32-13-16-28-18(21(22,23)24)17(33-16)15-7-10-25-19(27-15)26-14-8-11-29(12-9-14)34(4,30)31/h7,10,14H,8-9,11-13H2,1-6H3,(H,25,26,27). The SMILES string of the molecule is CC(C)(C)[Si](C)(C)OCc1nc(C(F)(F)F)c(-c2ccnc(NC3CCN(S(C)(=O)=O)CC3)n2)s1. The molecule has 2 aromatic heterocycles. The Bertz CT molecular complexity index is 1140. The van der Waals surface area contributed by atoms with Crippen LogP contribution in [0.3, 0.4) is 0 Å². The maximum atomic E-state index is 13.8. The summed E-state index contributed by atoms with van der Waals surface area (Å²) in [7, 11) is -5.41. The minimum Gasteiger partial charge on any atom is -0.410 e. The lowest BCUT2D eigenvalue weighted by Gasteiger charge is -2.35. The molecular formula is C21H32F3N5O3S2Si. The van der Waals surface area contributed by atoms with Gasteiger partial charge in [0.25, 0.3) is 0 Å². The number of alkyl halides is 3. The summed E-state index contributed by atoms with van der Waals surface area (Å²) in [5.41, 5.74) is -0.859. The minimum atomic E-state index is -4.64. The van der Waals surface area contributed by atoms with E-state index in [4.69, 9.17) is 4.43 Å². The van der Waals surface area contributed by atoms with E-state index in [-0.39, 0.29) is 39.2 Å². The number of hydrogen-bond acceptors (Lipinski definition) is 8. The number of nitrogens with one attached hydrogen (secondary N) is 1. The summed E-state index contributed by atoms with van der Waals surface area (Å²) in [5, 5.41) is 3.30. The summed E-state index contributed by atoms with van der Waals surface area (Å²) < 4.78 is 72.3. The molecule has 1 fully saturated rings. The van der Waals surface area contributed by atoms with Crippen molar-refractivity contribution < 1.29 is 26.0 Å². The highest BCUT2D eigenvalue weighted by atomic mass is 32.2. The Morgan fingerprint density at radius 3 is 2.37 bits per heavy atom. The van der Waals surface area contributed by atoms with Gasteiger partial charge in [0.2, 0.25) is 16.0 Å². The van der Waals surface area contributed by atoms with Gasteiger partial charge in [0, 0.05) is 25.3 Å². The molecule has 1 N–H and O–H groups in total. The molecule has 8 nitrogen and oxygen atoms in total. The lowest BCUT2D eigenvalue weighted by Crippen LogP contribution is -2.42. The molecule has 0 aliphatic carbocycles. The Labute approximate surface area is 209 Å². The van der Waals surface area contributed by atoms with Crippen molar-refractivity contribution >= 4 is 35.6 Å². The van der Waals surface area contributed by atoms with Crippen molar-refractivity contribution in [1.82, 2.24) is 19.3 Å². The van der Waals surface area contributed by atoms with E-state index < -0.39 is 30.2 Å². The first-order valence-corrected chi connectivity index (χ1v) is 16.8. The normalized spacial score (nSPS) is 17.1. The molecule has 0 bridgehead atoms. The molecule has 3 rings (SSSR count). The topological polar surface area (TPSA) is 97.3 Å². The Hall–Kier alpha value is -1.61. The fourth-order valence-electron chi connectivity index (χ4n) is 3.32. The number of aromatic nitrogens is 3. The first-order valence-electron chi connectivity index (χ1n) is 11.2. The molecule has 1 aliphatic heterocycles. The molecule has 2 aromatic rings. The molecule has 0 atom stereocenters. The van der Waals surface area contributed by atoms with Crippen LogP contribution >= 0.6 is 11.3 Å². The zero-order chi connectivity index (χ0) is 26.2. The van der Waals surface area contributed by atoms with Crippen molar-refractivity contribution in [3.8, 4) is 10.6 Å². The van der Waals surface area contributed by atoms with E-state index in [0.717, 1.165) is 11.3 Å². The number of halogens is 3. The van der Waals surface area contributed by atoms with Gasteiger partial charge in [-0.2, -0.15) is 13.2 Å². The van der Waals surface area contributed by atoms with Gasteiger partial charge in [-0.1, -0.05) is 20.8 Å². The average molecular weight is 552 g/mol. The van der Waals surface area contributed by atoms with Crippen molar-refractivity contribution in [2.24, 2.45) is 0 Å². The van der Waals surface area contributed by atoms with Crippen molar-refractivity contribution in [1.29, 1.82) is 0 Å². The van der Waals surface area contributed by atoms with Crippen molar-refractivity contribution in [3.05, 3.63) is 23.0 Å². The van der Waals surface area contributed by atoms with Gasteiger partial charge in [-0.05, 0) is 37.0 Å². The zero-order valence-electron chi connectivity index (χ0n) is 20.7. The Kier molecular flexibility index (Phi) is 8.02. The average Bonchev–Trinajstić information content (AvgIpc) is 3.17. The maximum Gasteiger partial charge on any atom is 0.434 e. The van der Waals surface area contributed by atoms with Crippen LogP contribution in [0.1, 0.15) is 44.3 Å². The van der Waals surface area contributed by atoms with E-state index in [0.29, 0.717) is 25.9 Å². The molecule has 0 aromatic carbocycles. The molecule has 0 unspecified atom stereocenters. The van der Waals surface area contributed by atoms with Gasteiger partial charge in [-0.3, -0.25) is 0 Å². The molecule has 0 amide bonds. The summed E-state index contributed by atoms with van der Waals surface area (Å²) in [6.07, 6.45) is -0.972. The largest absolute Gasteiger partial charge is 0.434 e. The van der Waals surface area contributed by atoms with Crippen LogP contribution in [-0.4, -0.2) is 61.4 Å². The van der Waals surface area contributed by atoms with Crippen LogP contribution in [0.2, 0.25) is 18.1 Å². The molecule has 1 saturated heterocycles. The molecule has 196 valence electrons. The van der Waals surface area contributed by atoms with Crippen molar-refractivity contribution in [3.63, 3.8) is 0 Å². The van der Waals surface area contributed by atoms with Gasteiger partial charge >= 0.3 is 6.18 Å². The molecular weight excluding hydrogens is 519 g/mol.